The van der Waals surface area contributed by atoms with Gasteiger partial charge in [0, 0.05) is 0 Å². The molecule has 2 aromatic rings. The number of ether oxygens (including phenoxy) is 1. The van der Waals surface area contributed by atoms with Crippen molar-refractivity contribution >= 4 is 29.5 Å². The molecule has 0 fully saturated rings. The van der Waals surface area contributed by atoms with Crippen LogP contribution < -0.4 is 0 Å². The van der Waals surface area contributed by atoms with Crippen LogP contribution in [0.3, 0.4) is 0 Å². The molecule has 0 aliphatic carbocycles. The van der Waals surface area contributed by atoms with Crippen molar-refractivity contribution in [1.82, 2.24) is 4.98 Å². The van der Waals surface area contributed by atoms with Gasteiger partial charge in [-0.1, -0.05) is 12.1 Å². The van der Waals surface area contributed by atoms with Crippen LogP contribution in [0.5, 0.6) is 0 Å². The fourth-order valence-electron chi connectivity index (χ4n) is 1.48. The van der Waals surface area contributed by atoms with E-state index in [1.54, 1.807) is 19.1 Å². The Bertz CT molecular complexity index is 616. The highest BCUT2D eigenvalue weighted by Crippen LogP contribution is 2.29. The maximum Gasteiger partial charge on any atom is 0.356 e. The average Bonchev–Trinajstić information content (AvgIpc) is 2.73. The number of rotatable bonds is 3. The highest BCUT2D eigenvalue weighted by Gasteiger charge is 2.17. The Hall–Kier alpha value is -1.53. The van der Waals surface area contributed by atoms with E-state index in [-0.39, 0.29) is 12.4 Å². The lowest BCUT2D eigenvalue weighted by molar-refractivity contribution is 0.0521. The Morgan fingerprint density at radius 1 is 1.44 bits per heavy atom. The van der Waals surface area contributed by atoms with Crippen LogP contribution in [-0.4, -0.2) is 17.6 Å². The third-order valence-corrected chi connectivity index (χ3v) is 3.52. The molecule has 0 radical (unpaired) electrons. The summed E-state index contributed by atoms with van der Waals surface area (Å²) in [5.74, 6) is -0.778. The van der Waals surface area contributed by atoms with E-state index in [0.29, 0.717) is 14.5 Å². The van der Waals surface area contributed by atoms with E-state index < -0.39 is 5.97 Å². The van der Waals surface area contributed by atoms with Crippen LogP contribution >= 0.6 is 23.6 Å². The van der Waals surface area contributed by atoms with Gasteiger partial charge in [-0.25, -0.2) is 9.18 Å². The summed E-state index contributed by atoms with van der Waals surface area (Å²) < 4.78 is 18.3. The Morgan fingerprint density at radius 2 is 2.11 bits per heavy atom. The van der Waals surface area contributed by atoms with Crippen LogP contribution in [0, 0.1) is 9.77 Å². The average molecular weight is 283 g/mol. The first-order valence-electron chi connectivity index (χ1n) is 5.28. The van der Waals surface area contributed by atoms with E-state index in [9.17, 15) is 9.18 Å². The Labute approximate surface area is 112 Å². The minimum Gasteiger partial charge on any atom is -0.461 e. The largest absolute Gasteiger partial charge is 0.461 e. The summed E-state index contributed by atoms with van der Waals surface area (Å²) in [6.45, 7) is 2.02. The molecule has 2 rings (SSSR count). The molecule has 0 saturated carbocycles. The molecule has 94 valence electrons. The maximum absolute atomic E-state index is 12.9. The maximum atomic E-state index is 12.9. The quantitative estimate of drug-likeness (QED) is 0.688. The monoisotopic (exact) mass is 283 g/mol. The van der Waals surface area contributed by atoms with E-state index in [1.807, 2.05) is 0 Å². The predicted octanol–water partition coefficient (Wildman–Crippen LogP) is 3.79. The number of carbonyl (C=O) groups is 1. The van der Waals surface area contributed by atoms with Crippen molar-refractivity contribution in [3.63, 3.8) is 0 Å². The van der Waals surface area contributed by atoms with E-state index >= 15 is 0 Å². The van der Waals surface area contributed by atoms with Gasteiger partial charge in [0.15, 0.2) is 3.95 Å². The second-order valence-electron chi connectivity index (χ2n) is 3.45. The standard InChI is InChI=1S/C12H10FNO2S2/c1-2-16-11(15)9-10(18-12(17)14-9)7-3-5-8(13)6-4-7/h3-6H,2H2,1H3,(H,14,17). The van der Waals surface area contributed by atoms with Gasteiger partial charge in [-0.05, 0) is 36.8 Å². The molecule has 0 amide bonds. The Kier molecular flexibility index (Phi) is 3.88. The van der Waals surface area contributed by atoms with Gasteiger partial charge in [0.2, 0.25) is 0 Å². The number of thiazole rings is 1. The van der Waals surface area contributed by atoms with Gasteiger partial charge in [0.05, 0.1) is 11.5 Å². The number of benzene rings is 1. The summed E-state index contributed by atoms with van der Waals surface area (Å²) in [6, 6.07) is 5.89. The summed E-state index contributed by atoms with van der Waals surface area (Å²) in [5.41, 5.74) is 1.05. The van der Waals surface area contributed by atoms with Gasteiger partial charge >= 0.3 is 5.97 Å². The molecule has 0 atom stereocenters. The predicted molar refractivity (Wildman–Crippen MR) is 70.9 cm³/mol. The minimum absolute atomic E-state index is 0.290. The Balaban J connectivity index is 2.47. The molecule has 1 N–H and O–H groups in total. The second-order valence-corrected chi connectivity index (χ2v) is 5.13. The van der Waals surface area contributed by atoms with Crippen molar-refractivity contribution in [2.45, 2.75) is 6.92 Å². The SMILES string of the molecule is CCOC(=O)c1[nH]c(=S)sc1-c1ccc(F)cc1. The lowest BCUT2D eigenvalue weighted by atomic mass is 10.1. The summed E-state index contributed by atoms with van der Waals surface area (Å²) in [4.78, 5) is 15.2. The lowest BCUT2D eigenvalue weighted by Crippen LogP contribution is -2.06. The molecule has 1 aromatic carbocycles. The van der Waals surface area contributed by atoms with Crippen LogP contribution in [0.25, 0.3) is 10.4 Å². The van der Waals surface area contributed by atoms with Crippen molar-refractivity contribution < 1.29 is 13.9 Å². The van der Waals surface area contributed by atoms with Gasteiger partial charge in [-0.2, -0.15) is 0 Å². The third-order valence-electron chi connectivity index (χ3n) is 2.23. The van der Waals surface area contributed by atoms with Gasteiger partial charge in [0.1, 0.15) is 11.5 Å². The number of halogens is 1. The van der Waals surface area contributed by atoms with Crippen molar-refractivity contribution in [3.05, 3.63) is 39.7 Å². The molecule has 0 spiro atoms. The van der Waals surface area contributed by atoms with Crippen LogP contribution in [0.15, 0.2) is 24.3 Å². The van der Waals surface area contributed by atoms with E-state index in [2.05, 4.69) is 4.98 Å². The zero-order valence-electron chi connectivity index (χ0n) is 9.53. The van der Waals surface area contributed by atoms with Crippen molar-refractivity contribution in [3.8, 4) is 10.4 Å². The van der Waals surface area contributed by atoms with Gasteiger partial charge in [0.25, 0.3) is 0 Å². The fraction of sp³-hybridized carbons (Fsp3) is 0.167. The number of hydrogen-bond donors (Lipinski definition) is 1. The smallest absolute Gasteiger partial charge is 0.356 e. The number of nitrogens with one attached hydrogen (secondary N) is 1. The lowest BCUT2D eigenvalue weighted by Gasteiger charge is -2.03. The zero-order valence-corrected chi connectivity index (χ0v) is 11.2. The van der Waals surface area contributed by atoms with Gasteiger partial charge < -0.3 is 9.72 Å². The molecule has 1 aromatic heterocycles. The molecular formula is C12H10FNO2S2. The topological polar surface area (TPSA) is 42.1 Å². The fourth-order valence-corrected chi connectivity index (χ4v) is 2.66. The van der Waals surface area contributed by atoms with Crippen molar-refractivity contribution in [2.24, 2.45) is 0 Å². The highest BCUT2D eigenvalue weighted by molar-refractivity contribution is 7.73. The van der Waals surface area contributed by atoms with Gasteiger partial charge in [-0.3, -0.25) is 0 Å². The number of carbonyl (C=O) groups excluding carboxylic acids is 1. The summed E-state index contributed by atoms with van der Waals surface area (Å²) in [6.07, 6.45) is 0. The summed E-state index contributed by atoms with van der Waals surface area (Å²) in [5, 5.41) is 0. The molecule has 0 unspecified atom stereocenters. The first kappa shape index (κ1) is 12.9. The molecule has 0 saturated heterocycles. The molecule has 3 nitrogen and oxygen atoms in total. The molecule has 18 heavy (non-hydrogen) atoms. The van der Waals surface area contributed by atoms with Crippen LogP contribution in [0.1, 0.15) is 17.4 Å². The normalized spacial score (nSPS) is 10.3. The van der Waals surface area contributed by atoms with Crippen molar-refractivity contribution in [1.29, 1.82) is 0 Å². The summed E-state index contributed by atoms with van der Waals surface area (Å²) in [7, 11) is 0. The third kappa shape index (κ3) is 2.65. The first-order valence-corrected chi connectivity index (χ1v) is 6.50. The van der Waals surface area contributed by atoms with Crippen LogP contribution in [0.2, 0.25) is 0 Å². The van der Waals surface area contributed by atoms with Crippen LogP contribution in [0.4, 0.5) is 4.39 Å². The number of esters is 1. The van der Waals surface area contributed by atoms with Crippen LogP contribution in [-0.2, 0) is 4.74 Å². The number of H-pyrrole nitrogens is 1. The van der Waals surface area contributed by atoms with Crippen molar-refractivity contribution in [2.75, 3.05) is 6.61 Å². The second kappa shape index (κ2) is 5.41. The molecule has 0 aliphatic heterocycles. The van der Waals surface area contributed by atoms with E-state index in [4.69, 9.17) is 17.0 Å². The number of aromatic nitrogens is 1. The number of aromatic amines is 1. The summed E-state index contributed by atoms with van der Waals surface area (Å²) >= 11 is 6.29. The minimum atomic E-state index is -0.454. The van der Waals surface area contributed by atoms with E-state index in [0.717, 1.165) is 5.56 Å². The van der Waals surface area contributed by atoms with Gasteiger partial charge in [-0.15, -0.1) is 11.3 Å². The highest BCUT2D eigenvalue weighted by atomic mass is 32.1. The molecular weight excluding hydrogens is 273 g/mol. The van der Waals surface area contributed by atoms with E-state index in [1.165, 1.54) is 23.5 Å². The molecule has 0 bridgehead atoms. The first-order chi connectivity index (χ1) is 8.61. The molecule has 0 aliphatic rings. The Morgan fingerprint density at radius 3 is 2.72 bits per heavy atom. The molecule has 1 heterocycles. The number of hydrogen-bond acceptors (Lipinski definition) is 4. The zero-order chi connectivity index (χ0) is 13.1. The molecule has 6 heteroatoms.